The summed E-state index contributed by atoms with van der Waals surface area (Å²) in [6.07, 6.45) is 2.82. The summed E-state index contributed by atoms with van der Waals surface area (Å²) in [6.45, 7) is 1.12. The van der Waals surface area contributed by atoms with Crippen LogP contribution in [0.4, 0.5) is 0 Å². The molecule has 0 saturated heterocycles. The van der Waals surface area contributed by atoms with E-state index in [1.807, 2.05) is 0 Å². The lowest BCUT2D eigenvalue weighted by Crippen LogP contribution is -2.41. The molecule has 0 bridgehead atoms. The molecular formula is C8H8N2O5S. The molecule has 86 valence electrons. The Morgan fingerprint density at radius 2 is 2.25 bits per heavy atom. The molecule has 0 aromatic rings. The Kier molecular flexibility index (Phi) is 2.85. The third-order valence-electron chi connectivity index (χ3n) is 2.45. The average molecular weight is 244 g/mol. The first-order valence-corrected chi connectivity index (χ1v) is 5.58. The molecule has 1 aliphatic carbocycles. The fraction of sp³-hybridized carbons (Fsp3) is 0.375. The van der Waals surface area contributed by atoms with Gasteiger partial charge in [0.15, 0.2) is 0 Å². The molecule has 16 heavy (non-hydrogen) atoms. The zero-order chi connectivity index (χ0) is 12.6. The zero-order valence-electron chi connectivity index (χ0n) is 8.19. The number of nitro groups is 1. The van der Waals surface area contributed by atoms with Crippen molar-refractivity contribution in [1.82, 2.24) is 0 Å². The van der Waals surface area contributed by atoms with Gasteiger partial charge in [0.05, 0.1) is 16.9 Å². The summed E-state index contributed by atoms with van der Waals surface area (Å²) in [5.41, 5.74) is -0.368. The highest BCUT2D eigenvalue weighted by atomic mass is 32.2. The van der Waals surface area contributed by atoms with Crippen LogP contribution in [0.25, 0.3) is 0 Å². The van der Waals surface area contributed by atoms with Crippen molar-refractivity contribution in [2.75, 3.05) is 0 Å². The van der Waals surface area contributed by atoms with E-state index in [0.29, 0.717) is 0 Å². The summed E-state index contributed by atoms with van der Waals surface area (Å²) >= 11 is 0. The molecule has 1 rings (SSSR count). The van der Waals surface area contributed by atoms with Crippen molar-refractivity contribution in [3.63, 3.8) is 0 Å². The van der Waals surface area contributed by atoms with E-state index in [1.165, 1.54) is 0 Å². The smallest absolute Gasteiger partial charge is 0.275 e. The molecule has 7 nitrogen and oxygen atoms in total. The number of nitrogens with zero attached hydrogens (tertiary/aromatic N) is 2. The normalized spacial score (nSPS) is 29.3. The minimum Gasteiger partial charge on any atom is -0.285 e. The maximum atomic E-state index is 11.1. The Morgan fingerprint density at radius 1 is 1.69 bits per heavy atom. The van der Waals surface area contributed by atoms with Crippen LogP contribution in [0, 0.1) is 27.4 Å². The van der Waals surface area contributed by atoms with Gasteiger partial charge < -0.3 is 0 Å². The molecular weight excluding hydrogens is 236 g/mol. The molecule has 0 heterocycles. The maximum absolute atomic E-state index is 11.1. The van der Waals surface area contributed by atoms with Crippen molar-refractivity contribution in [1.29, 1.82) is 5.26 Å². The molecule has 1 N–H and O–H groups in total. The van der Waals surface area contributed by atoms with E-state index in [2.05, 4.69) is 0 Å². The average Bonchev–Trinajstić information content (AvgIpc) is 2.16. The van der Waals surface area contributed by atoms with E-state index < -0.39 is 25.7 Å². The maximum Gasteiger partial charge on any atom is 0.275 e. The molecule has 0 saturated carbocycles. The predicted octanol–water partition coefficient (Wildman–Crippen LogP) is 0.503. The van der Waals surface area contributed by atoms with Crippen LogP contribution in [-0.4, -0.2) is 22.6 Å². The van der Waals surface area contributed by atoms with E-state index >= 15 is 0 Å². The summed E-state index contributed by atoms with van der Waals surface area (Å²) in [6, 6.07) is 1.61. The molecule has 2 atom stereocenters. The van der Waals surface area contributed by atoms with Gasteiger partial charge in [0, 0.05) is 12.2 Å². The van der Waals surface area contributed by atoms with Crippen LogP contribution in [0.1, 0.15) is 6.92 Å². The summed E-state index contributed by atoms with van der Waals surface area (Å²) in [5.74, 6) is -1.30. The number of hydrogen-bond donors (Lipinski definition) is 1. The third kappa shape index (κ3) is 1.82. The van der Waals surface area contributed by atoms with Crippen LogP contribution in [0.5, 0.6) is 0 Å². The lowest BCUT2D eigenvalue weighted by Gasteiger charge is -2.26. The monoisotopic (exact) mass is 244 g/mol. The first-order valence-electron chi connectivity index (χ1n) is 4.14. The summed E-state index contributed by atoms with van der Waals surface area (Å²) in [4.78, 5) is 9.71. The first-order chi connectivity index (χ1) is 7.22. The summed E-state index contributed by atoms with van der Waals surface area (Å²) in [7, 11) is -4.51. The first kappa shape index (κ1) is 12.4. The van der Waals surface area contributed by atoms with Gasteiger partial charge in [-0.1, -0.05) is 6.08 Å². The predicted molar refractivity (Wildman–Crippen MR) is 53.3 cm³/mol. The van der Waals surface area contributed by atoms with E-state index in [4.69, 9.17) is 9.81 Å². The van der Waals surface area contributed by atoms with E-state index in [1.54, 1.807) is 6.07 Å². The topological polar surface area (TPSA) is 121 Å². The van der Waals surface area contributed by atoms with E-state index in [9.17, 15) is 18.5 Å². The van der Waals surface area contributed by atoms with Gasteiger partial charge in [0.2, 0.25) is 0 Å². The molecule has 0 amide bonds. The van der Waals surface area contributed by atoms with Gasteiger partial charge in [-0.05, 0) is 6.92 Å². The molecule has 1 aliphatic rings. The Hall–Kier alpha value is -1.72. The molecule has 0 spiro atoms. The number of nitriles is 1. The van der Waals surface area contributed by atoms with Crippen molar-refractivity contribution in [2.45, 2.75) is 11.7 Å². The van der Waals surface area contributed by atoms with Crippen molar-refractivity contribution in [2.24, 2.45) is 5.92 Å². The van der Waals surface area contributed by atoms with Gasteiger partial charge >= 0.3 is 0 Å². The van der Waals surface area contributed by atoms with Crippen molar-refractivity contribution in [3.8, 4) is 6.07 Å². The van der Waals surface area contributed by atoms with Crippen molar-refractivity contribution >= 4 is 10.1 Å². The van der Waals surface area contributed by atoms with Gasteiger partial charge in [-0.3, -0.25) is 14.7 Å². The number of hydrogen-bond acceptors (Lipinski definition) is 5. The molecule has 8 heteroatoms. The lowest BCUT2D eigenvalue weighted by molar-refractivity contribution is -0.419. The highest BCUT2D eigenvalue weighted by Gasteiger charge is 2.46. The Labute approximate surface area is 91.6 Å². The van der Waals surface area contributed by atoms with Crippen LogP contribution >= 0.6 is 0 Å². The van der Waals surface area contributed by atoms with Crippen LogP contribution in [0.3, 0.4) is 0 Å². The summed E-state index contributed by atoms with van der Waals surface area (Å²) < 4.78 is 29.4. The van der Waals surface area contributed by atoms with Gasteiger partial charge in [0.1, 0.15) is 4.75 Å². The lowest BCUT2D eigenvalue weighted by atomic mass is 9.89. The Morgan fingerprint density at radius 3 is 2.62 bits per heavy atom. The van der Waals surface area contributed by atoms with Gasteiger partial charge in [-0.15, -0.1) is 0 Å². The van der Waals surface area contributed by atoms with Crippen molar-refractivity contribution < 1.29 is 17.9 Å². The van der Waals surface area contributed by atoms with Crippen molar-refractivity contribution in [3.05, 3.63) is 34.0 Å². The molecule has 0 aromatic heterocycles. The van der Waals surface area contributed by atoms with E-state index in [0.717, 1.165) is 25.2 Å². The molecule has 0 radical (unpaired) electrons. The van der Waals surface area contributed by atoms with Crippen LogP contribution < -0.4 is 0 Å². The molecule has 0 fully saturated rings. The number of rotatable bonds is 2. The quantitative estimate of drug-likeness (QED) is 0.429. The van der Waals surface area contributed by atoms with Crippen LogP contribution in [0.2, 0.25) is 0 Å². The van der Waals surface area contributed by atoms with Gasteiger partial charge in [-0.25, -0.2) is 0 Å². The zero-order valence-corrected chi connectivity index (χ0v) is 9.01. The SMILES string of the molecule is CC1(S(=O)(=O)O)C=CC([N+](=O)[O-])=CC1C#N. The van der Waals surface area contributed by atoms with Gasteiger partial charge in [-0.2, -0.15) is 13.7 Å². The standard InChI is InChI=1S/C8H8N2O5S/c1-8(16(13,14)15)3-2-7(10(11)12)4-6(8)5-9/h2-4,6H,1H3,(H,13,14,15). The Bertz CT molecular complexity index is 527. The minimum atomic E-state index is -4.51. The second kappa shape index (κ2) is 3.70. The number of allylic oxidation sites excluding steroid dienone is 2. The molecule has 2 unspecified atom stereocenters. The Balaban J connectivity index is 3.31. The minimum absolute atomic E-state index is 0.368. The van der Waals surface area contributed by atoms with Crippen LogP contribution in [0.15, 0.2) is 23.9 Å². The van der Waals surface area contributed by atoms with Crippen LogP contribution in [-0.2, 0) is 10.1 Å². The summed E-state index contributed by atoms with van der Waals surface area (Å²) in [5, 5.41) is 19.2. The highest BCUT2D eigenvalue weighted by molar-refractivity contribution is 7.87. The van der Waals surface area contributed by atoms with E-state index in [-0.39, 0.29) is 5.70 Å². The fourth-order valence-electron chi connectivity index (χ4n) is 1.28. The highest BCUT2D eigenvalue weighted by Crippen LogP contribution is 2.33. The third-order valence-corrected chi connectivity index (χ3v) is 3.95. The molecule has 0 aliphatic heterocycles. The largest absolute Gasteiger partial charge is 0.285 e. The molecule has 0 aromatic carbocycles. The second-order valence-electron chi connectivity index (χ2n) is 3.45. The second-order valence-corrected chi connectivity index (χ2v) is 5.28. The van der Waals surface area contributed by atoms with Gasteiger partial charge in [0.25, 0.3) is 15.8 Å². The fourth-order valence-corrected chi connectivity index (χ4v) is 1.96.